The molecule has 1 aromatic rings. The van der Waals surface area contributed by atoms with Crippen molar-refractivity contribution in [1.29, 1.82) is 5.26 Å². The highest BCUT2D eigenvalue weighted by molar-refractivity contribution is 8.03. The Morgan fingerprint density at radius 3 is 2.68 bits per heavy atom. The number of thiocyanates is 1. The first-order chi connectivity index (χ1) is 9.26. The van der Waals surface area contributed by atoms with Crippen molar-refractivity contribution >= 4 is 11.8 Å². The number of aryl methyl sites for hydroxylation is 1. The number of thioether (sulfide) groups is 1. The zero-order chi connectivity index (χ0) is 14.1. The Morgan fingerprint density at radius 1 is 1.32 bits per heavy atom. The molecule has 1 atom stereocenters. The van der Waals surface area contributed by atoms with Gasteiger partial charge in [0.2, 0.25) is 0 Å². The van der Waals surface area contributed by atoms with Gasteiger partial charge in [-0.05, 0) is 61.1 Å². The SMILES string of the molecule is CCOc1ccc(CC)cc1C(CC)CCSC#N. The summed E-state index contributed by atoms with van der Waals surface area (Å²) in [7, 11) is 0. The van der Waals surface area contributed by atoms with Gasteiger partial charge in [0, 0.05) is 5.75 Å². The van der Waals surface area contributed by atoms with E-state index in [1.165, 1.54) is 22.9 Å². The van der Waals surface area contributed by atoms with E-state index in [-0.39, 0.29) is 0 Å². The second-order valence-electron chi connectivity index (χ2n) is 4.49. The average molecular weight is 277 g/mol. The van der Waals surface area contributed by atoms with Crippen LogP contribution in [0.25, 0.3) is 0 Å². The maximum atomic E-state index is 8.63. The molecule has 0 N–H and O–H groups in total. The Morgan fingerprint density at radius 2 is 2.11 bits per heavy atom. The van der Waals surface area contributed by atoms with E-state index in [1.807, 2.05) is 6.92 Å². The molecule has 19 heavy (non-hydrogen) atoms. The van der Waals surface area contributed by atoms with Crippen LogP contribution in [0.1, 0.15) is 50.7 Å². The summed E-state index contributed by atoms with van der Waals surface area (Å²) >= 11 is 1.34. The third-order valence-corrected chi connectivity index (χ3v) is 3.92. The van der Waals surface area contributed by atoms with Crippen LogP contribution in [-0.4, -0.2) is 12.4 Å². The van der Waals surface area contributed by atoms with E-state index in [1.54, 1.807) is 0 Å². The molecular weight excluding hydrogens is 254 g/mol. The summed E-state index contributed by atoms with van der Waals surface area (Å²) in [6, 6.07) is 6.51. The highest BCUT2D eigenvalue weighted by atomic mass is 32.2. The summed E-state index contributed by atoms with van der Waals surface area (Å²) in [5.41, 5.74) is 2.66. The zero-order valence-electron chi connectivity index (χ0n) is 12.1. The third kappa shape index (κ3) is 4.80. The number of ether oxygens (including phenoxy) is 1. The number of hydrogen-bond donors (Lipinski definition) is 0. The molecule has 104 valence electrons. The largest absolute Gasteiger partial charge is 0.494 e. The van der Waals surface area contributed by atoms with Gasteiger partial charge < -0.3 is 4.74 Å². The fourth-order valence-electron chi connectivity index (χ4n) is 2.25. The van der Waals surface area contributed by atoms with Crippen LogP contribution in [-0.2, 0) is 6.42 Å². The van der Waals surface area contributed by atoms with Crippen molar-refractivity contribution in [3.8, 4) is 11.2 Å². The molecule has 0 amide bonds. The monoisotopic (exact) mass is 277 g/mol. The molecule has 0 aliphatic heterocycles. The minimum absolute atomic E-state index is 0.480. The molecule has 1 unspecified atom stereocenters. The van der Waals surface area contributed by atoms with Gasteiger partial charge in [0.25, 0.3) is 0 Å². The first kappa shape index (κ1) is 15.9. The standard InChI is InChI=1S/C16H23NOS/c1-4-13-7-8-16(18-6-3)15(11-13)14(5-2)9-10-19-12-17/h7-8,11,14H,4-6,9-10H2,1-3H3. The van der Waals surface area contributed by atoms with Crippen LogP contribution in [0.15, 0.2) is 18.2 Å². The summed E-state index contributed by atoms with van der Waals surface area (Å²) in [4.78, 5) is 0. The van der Waals surface area contributed by atoms with Crippen LogP contribution < -0.4 is 4.74 Å². The maximum Gasteiger partial charge on any atom is 0.133 e. The van der Waals surface area contributed by atoms with Crippen LogP contribution in [0, 0.1) is 10.7 Å². The lowest BCUT2D eigenvalue weighted by molar-refractivity contribution is 0.333. The molecule has 3 heteroatoms. The first-order valence-electron chi connectivity index (χ1n) is 7.03. The molecule has 0 aliphatic carbocycles. The predicted octanol–water partition coefficient (Wildman–Crippen LogP) is 4.75. The number of nitriles is 1. The van der Waals surface area contributed by atoms with Gasteiger partial charge in [-0.2, -0.15) is 5.26 Å². The van der Waals surface area contributed by atoms with Crippen molar-refractivity contribution in [2.24, 2.45) is 0 Å². The maximum absolute atomic E-state index is 8.63. The van der Waals surface area contributed by atoms with Gasteiger partial charge >= 0.3 is 0 Å². The van der Waals surface area contributed by atoms with E-state index in [0.29, 0.717) is 12.5 Å². The summed E-state index contributed by atoms with van der Waals surface area (Å²) < 4.78 is 5.75. The minimum Gasteiger partial charge on any atom is -0.494 e. The van der Waals surface area contributed by atoms with Crippen LogP contribution in [0.4, 0.5) is 0 Å². The molecule has 0 saturated heterocycles. The quantitative estimate of drug-likeness (QED) is 0.508. The Hall–Kier alpha value is -1.14. The summed E-state index contributed by atoms with van der Waals surface area (Å²) in [6.07, 6.45) is 3.16. The lowest BCUT2D eigenvalue weighted by Crippen LogP contribution is -2.04. The van der Waals surface area contributed by atoms with E-state index in [2.05, 4.69) is 37.4 Å². The topological polar surface area (TPSA) is 33.0 Å². The van der Waals surface area contributed by atoms with Crippen molar-refractivity contribution in [3.63, 3.8) is 0 Å². The van der Waals surface area contributed by atoms with Crippen molar-refractivity contribution in [1.82, 2.24) is 0 Å². The number of hydrogen-bond acceptors (Lipinski definition) is 3. The normalized spacial score (nSPS) is 11.9. The smallest absolute Gasteiger partial charge is 0.133 e. The van der Waals surface area contributed by atoms with E-state index in [0.717, 1.165) is 30.8 Å². The summed E-state index contributed by atoms with van der Waals surface area (Å²) in [5, 5.41) is 10.8. The molecule has 0 bridgehead atoms. The molecule has 1 aromatic carbocycles. The van der Waals surface area contributed by atoms with Gasteiger partial charge in [-0.15, -0.1) is 0 Å². The van der Waals surface area contributed by atoms with Crippen molar-refractivity contribution in [2.45, 2.75) is 46.0 Å². The third-order valence-electron chi connectivity index (χ3n) is 3.35. The van der Waals surface area contributed by atoms with E-state index in [4.69, 9.17) is 10.00 Å². The Balaban J connectivity index is 2.94. The molecule has 0 radical (unpaired) electrons. The zero-order valence-corrected chi connectivity index (χ0v) is 12.9. The summed E-state index contributed by atoms with van der Waals surface area (Å²) in [6.45, 7) is 7.09. The lowest BCUT2D eigenvalue weighted by Gasteiger charge is -2.19. The van der Waals surface area contributed by atoms with Crippen molar-refractivity contribution in [3.05, 3.63) is 29.3 Å². The Kier molecular flexibility index (Phi) is 7.43. The highest BCUT2D eigenvalue weighted by Gasteiger charge is 2.15. The molecular formula is C16H23NOS. The molecule has 2 nitrogen and oxygen atoms in total. The average Bonchev–Trinajstić information content (AvgIpc) is 2.45. The second kappa shape index (κ2) is 8.87. The fraction of sp³-hybridized carbons (Fsp3) is 0.562. The van der Waals surface area contributed by atoms with Crippen LogP contribution in [0.5, 0.6) is 5.75 Å². The predicted molar refractivity (Wildman–Crippen MR) is 82.7 cm³/mol. The minimum atomic E-state index is 0.480. The molecule has 0 spiro atoms. The van der Waals surface area contributed by atoms with Crippen LogP contribution in [0.2, 0.25) is 0 Å². The fourth-order valence-corrected chi connectivity index (χ4v) is 2.74. The van der Waals surface area contributed by atoms with Crippen molar-refractivity contribution in [2.75, 3.05) is 12.4 Å². The van der Waals surface area contributed by atoms with Crippen LogP contribution >= 0.6 is 11.8 Å². The molecule has 0 fully saturated rings. The number of benzene rings is 1. The molecule has 0 aliphatic rings. The molecule has 1 rings (SSSR count). The Bertz CT molecular complexity index is 425. The second-order valence-corrected chi connectivity index (χ2v) is 5.37. The summed E-state index contributed by atoms with van der Waals surface area (Å²) in [5.74, 6) is 2.37. The number of nitrogens with zero attached hydrogens (tertiary/aromatic N) is 1. The molecule has 0 aromatic heterocycles. The van der Waals surface area contributed by atoms with Gasteiger partial charge in [0.1, 0.15) is 11.2 Å². The first-order valence-corrected chi connectivity index (χ1v) is 8.01. The van der Waals surface area contributed by atoms with Gasteiger partial charge in [0.05, 0.1) is 6.61 Å². The highest BCUT2D eigenvalue weighted by Crippen LogP contribution is 2.33. The van der Waals surface area contributed by atoms with E-state index >= 15 is 0 Å². The molecule has 0 saturated carbocycles. The van der Waals surface area contributed by atoms with Gasteiger partial charge in [-0.25, -0.2) is 0 Å². The molecule has 0 heterocycles. The van der Waals surface area contributed by atoms with Crippen molar-refractivity contribution < 1.29 is 4.74 Å². The van der Waals surface area contributed by atoms with E-state index < -0.39 is 0 Å². The van der Waals surface area contributed by atoms with Crippen LogP contribution in [0.3, 0.4) is 0 Å². The lowest BCUT2D eigenvalue weighted by atomic mass is 9.91. The van der Waals surface area contributed by atoms with E-state index in [9.17, 15) is 0 Å². The Labute approximate surface area is 121 Å². The number of rotatable bonds is 8. The van der Waals surface area contributed by atoms with Gasteiger partial charge in [-0.3, -0.25) is 0 Å². The van der Waals surface area contributed by atoms with Gasteiger partial charge in [-0.1, -0.05) is 26.0 Å². The van der Waals surface area contributed by atoms with Gasteiger partial charge in [0.15, 0.2) is 0 Å².